The molecule has 152 valence electrons. The summed E-state index contributed by atoms with van der Waals surface area (Å²) in [5, 5.41) is 0. The first-order valence-electron chi connectivity index (χ1n) is 9.87. The van der Waals surface area contributed by atoms with Crippen molar-refractivity contribution < 1.29 is 23.1 Å². The fourth-order valence-corrected chi connectivity index (χ4v) is 5.89. The summed E-state index contributed by atoms with van der Waals surface area (Å²) in [4.78, 5) is 0. The largest absolute Gasteiger partial charge is 0.409 e. The summed E-state index contributed by atoms with van der Waals surface area (Å²) in [5.74, 6) is 0. The molecule has 1 aromatic rings. The molecule has 3 unspecified atom stereocenters. The highest BCUT2D eigenvalue weighted by atomic mass is 28.4. The van der Waals surface area contributed by atoms with E-state index in [1.54, 1.807) is 0 Å². The van der Waals surface area contributed by atoms with E-state index in [0.717, 1.165) is 5.56 Å². The predicted molar refractivity (Wildman–Crippen MR) is 111 cm³/mol. The zero-order valence-corrected chi connectivity index (χ0v) is 19.6. The van der Waals surface area contributed by atoms with E-state index >= 15 is 0 Å². The van der Waals surface area contributed by atoms with Gasteiger partial charge in [0, 0.05) is 5.56 Å². The maximum absolute atomic E-state index is 6.64. The van der Waals surface area contributed by atoms with Gasteiger partial charge in [-0.3, -0.25) is 0 Å². The number of benzene rings is 1. The molecule has 2 fully saturated rings. The highest BCUT2D eigenvalue weighted by Crippen LogP contribution is 2.37. The molecule has 6 atom stereocenters. The third-order valence-corrected chi connectivity index (χ3v) is 6.57. The van der Waals surface area contributed by atoms with Gasteiger partial charge in [0.15, 0.2) is 22.9 Å². The van der Waals surface area contributed by atoms with Crippen LogP contribution in [0.4, 0.5) is 0 Å². The van der Waals surface area contributed by atoms with Crippen molar-refractivity contribution in [2.45, 2.75) is 83.0 Å². The summed E-state index contributed by atoms with van der Waals surface area (Å²) in [6.07, 6.45) is -1.06. The Hall–Kier alpha value is -0.546. The molecule has 3 rings (SSSR count). The summed E-state index contributed by atoms with van der Waals surface area (Å²) in [6.45, 7) is 15.8. The van der Waals surface area contributed by atoms with E-state index in [9.17, 15) is 0 Å². The lowest BCUT2D eigenvalue weighted by atomic mass is 9.95. The van der Waals surface area contributed by atoms with Crippen LogP contribution in [0.2, 0.25) is 39.3 Å². The van der Waals surface area contributed by atoms with Crippen molar-refractivity contribution in [3.8, 4) is 0 Å². The van der Waals surface area contributed by atoms with E-state index < -0.39 is 22.9 Å². The lowest BCUT2D eigenvalue weighted by Gasteiger charge is -2.51. The molecule has 0 spiro atoms. The maximum Gasteiger partial charge on any atom is 0.184 e. The van der Waals surface area contributed by atoms with E-state index in [1.807, 2.05) is 30.3 Å². The SMILES string of the molecule is C[C@@H]1OC2COC(c3ccccc3)O[C@@H]2[C@H](O[Si](C)(C)C)C1O[Si](C)(C)C. The zero-order chi connectivity index (χ0) is 19.8. The van der Waals surface area contributed by atoms with Crippen molar-refractivity contribution in [1.29, 1.82) is 0 Å². The van der Waals surface area contributed by atoms with E-state index in [0.29, 0.717) is 6.61 Å². The molecule has 2 heterocycles. The highest BCUT2D eigenvalue weighted by Gasteiger charge is 2.51. The summed E-state index contributed by atoms with van der Waals surface area (Å²) < 4.78 is 31.8. The first kappa shape index (κ1) is 21.2. The van der Waals surface area contributed by atoms with Gasteiger partial charge in [0.1, 0.15) is 18.3 Å². The van der Waals surface area contributed by atoms with Gasteiger partial charge in [0.2, 0.25) is 0 Å². The molecule has 0 N–H and O–H groups in total. The Kier molecular flexibility index (Phi) is 6.32. The Morgan fingerprint density at radius 2 is 1.44 bits per heavy atom. The van der Waals surface area contributed by atoms with Crippen LogP contribution in [-0.2, 0) is 23.1 Å². The lowest BCUT2D eigenvalue weighted by Crippen LogP contribution is -2.65. The Labute approximate surface area is 165 Å². The molecule has 0 aliphatic carbocycles. The van der Waals surface area contributed by atoms with Gasteiger partial charge >= 0.3 is 0 Å². The molecule has 7 heteroatoms. The molecule has 2 aliphatic heterocycles. The fourth-order valence-electron chi connectivity index (χ4n) is 3.66. The number of ether oxygens (including phenoxy) is 3. The Morgan fingerprint density at radius 1 is 0.852 bits per heavy atom. The first-order chi connectivity index (χ1) is 12.5. The Bertz CT molecular complexity index is 613. The Balaban J connectivity index is 1.86. The van der Waals surface area contributed by atoms with Gasteiger partial charge in [-0.25, -0.2) is 0 Å². The maximum atomic E-state index is 6.64. The minimum atomic E-state index is -1.81. The molecule has 27 heavy (non-hydrogen) atoms. The smallest absolute Gasteiger partial charge is 0.184 e. The van der Waals surface area contributed by atoms with Crippen molar-refractivity contribution in [3.05, 3.63) is 35.9 Å². The van der Waals surface area contributed by atoms with Crippen LogP contribution in [0.5, 0.6) is 0 Å². The minimum Gasteiger partial charge on any atom is -0.409 e. The zero-order valence-electron chi connectivity index (χ0n) is 17.6. The number of hydrogen-bond acceptors (Lipinski definition) is 5. The van der Waals surface area contributed by atoms with Gasteiger partial charge in [-0.2, -0.15) is 0 Å². The van der Waals surface area contributed by atoms with Gasteiger partial charge in [0.25, 0.3) is 0 Å². The second kappa shape index (κ2) is 8.06. The van der Waals surface area contributed by atoms with E-state index in [-0.39, 0.29) is 30.5 Å². The van der Waals surface area contributed by atoms with E-state index in [1.165, 1.54) is 0 Å². The van der Waals surface area contributed by atoms with Crippen molar-refractivity contribution in [3.63, 3.8) is 0 Å². The second-order valence-corrected chi connectivity index (χ2v) is 18.4. The van der Waals surface area contributed by atoms with Gasteiger partial charge in [-0.1, -0.05) is 30.3 Å². The third-order valence-electron chi connectivity index (χ3n) is 4.61. The molecule has 5 nitrogen and oxygen atoms in total. The highest BCUT2D eigenvalue weighted by molar-refractivity contribution is 6.70. The topological polar surface area (TPSA) is 46.2 Å². The fraction of sp³-hybridized carbons (Fsp3) is 0.700. The van der Waals surface area contributed by atoms with Gasteiger partial charge in [-0.15, -0.1) is 0 Å². The first-order valence-corrected chi connectivity index (χ1v) is 16.7. The molecular weight excluding hydrogens is 376 g/mol. The second-order valence-electron chi connectivity index (χ2n) is 9.45. The standard InChI is InChI=1S/C20H34O5Si2/c1-14-17(24-26(2,3)4)19(25-27(5,6)7)18-16(22-14)13-21-20(23-18)15-11-9-8-10-12-15/h8-12,14,16-20H,13H2,1-7H3/t14-,16?,17?,18-,19+,20?/m0/s1. The Morgan fingerprint density at radius 3 is 2.04 bits per heavy atom. The van der Waals surface area contributed by atoms with Crippen LogP contribution in [0.25, 0.3) is 0 Å². The minimum absolute atomic E-state index is 0.0557. The lowest BCUT2D eigenvalue weighted by molar-refractivity contribution is -0.322. The summed E-state index contributed by atoms with van der Waals surface area (Å²) >= 11 is 0. The molecule has 0 saturated carbocycles. The number of fused-ring (bicyclic) bond motifs is 1. The van der Waals surface area contributed by atoms with Crippen LogP contribution in [0.3, 0.4) is 0 Å². The van der Waals surface area contributed by atoms with Crippen LogP contribution in [0.15, 0.2) is 30.3 Å². The number of rotatable bonds is 5. The predicted octanol–water partition coefficient (Wildman–Crippen LogP) is 4.33. The van der Waals surface area contributed by atoms with Gasteiger partial charge in [-0.05, 0) is 46.2 Å². The molecule has 0 bridgehead atoms. The third kappa shape index (κ3) is 5.50. The quantitative estimate of drug-likeness (QED) is 0.676. The molecule has 0 aromatic heterocycles. The van der Waals surface area contributed by atoms with Crippen molar-refractivity contribution in [2.75, 3.05) is 6.61 Å². The normalized spacial score (nSPS) is 34.9. The summed E-state index contributed by atoms with van der Waals surface area (Å²) in [5.41, 5.74) is 1.02. The van der Waals surface area contributed by atoms with Gasteiger partial charge in [0.05, 0.1) is 18.8 Å². The van der Waals surface area contributed by atoms with E-state index in [2.05, 4.69) is 46.2 Å². The summed E-state index contributed by atoms with van der Waals surface area (Å²) in [6, 6.07) is 10.1. The molecule has 1 aromatic carbocycles. The van der Waals surface area contributed by atoms with E-state index in [4.69, 9.17) is 23.1 Å². The van der Waals surface area contributed by atoms with Crippen molar-refractivity contribution >= 4 is 16.6 Å². The molecule has 2 aliphatic rings. The van der Waals surface area contributed by atoms with Crippen LogP contribution < -0.4 is 0 Å². The van der Waals surface area contributed by atoms with Crippen LogP contribution in [-0.4, -0.2) is 53.8 Å². The monoisotopic (exact) mass is 410 g/mol. The number of hydrogen-bond donors (Lipinski definition) is 0. The average molecular weight is 411 g/mol. The molecule has 0 amide bonds. The van der Waals surface area contributed by atoms with Crippen molar-refractivity contribution in [1.82, 2.24) is 0 Å². The summed E-state index contributed by atoms with van der Waals surface area (Å²) in [7, 11) is -3.58. The van der Waals surface area contributed by atoms with Crippen molar-refractivity contribution in [2.24, 2.45) is 0 Å². The molecule has 2 saturated heterocycles. The van der Waals surface area contributed by atoms with Crippen LogP contribution in [0.1, 0.15) is 18.8 Å². The average Bonchev–Trinajstić information content (AvgIpc) is 2.56. The van der Waals surface area contributed by atoms with Crippen LogP contribution >= 0.6 is 0 Å². The van der Waals surface area contributed by atoms with Gasteiger partial charge < -0.3 is 23.1 Å². The molecule has 0 radical (unpaired) electrons. The van der Waals surface area contributed by atoms with Crippen LogP contribution in [0, 0.1) is 0 Å². The molecular formula is C20H34O5Si2.